The molecule has 6 heteroatoms. The lowest BCUT2D eigenvalue weighted by Crippen LogP contribution is -2.24. The van der Waals surface area contributed by atoms with Gasteiger partial charge in [-0.3, -0.25) is 4.79 Å². The fraction of sp³-hybridized carbons (Fsp3) is 0.158. The fourth-order valence-electron chi connectivity index (χ4n) is 2.72. The number of hydrogen-bond acceptors (Lipinski definition) is 4. The van der Waals surface area contributed by atoms with Crippen molar-refractivity contribution >= 4 is 18.0 Å². The molecule has 0 spiro atoms. The van der Waals surface area contributed by atoms with Crippen LogP contribution in [0.25, 0.3) is 6.08 Å². The van der Waals surface area contributed by atoms with E-state index in [1.165, 1.54) is 36.5 Å². The Hall–Kier alpha value is -3.15. The highest BCUT2D eigenvalue weighted by molar-refractivity contribution is 6.16. The Balaban J connectivity index is 2.06. The van der Waals surface area contributed by atoms with E-state index in [-0.39, 0.29) is 23.3 Å². The van der Waals surface area contributed by atoms with E-state index in [2.05, 4.69) is 0 Å². The Morgan fingerprint density at radius 3 is 2.68 bits per heavy atom. The third kappa shape index (κ3) is 3.10. The molecule has 0 fully saturated rings. The largest absolute Gasteiger partial charge is 0.467 e. The summed E-state index contributed by atoms with van der Waals surface area (Å²) in [6.07, 6.45) is 2.88. The zero-order chi connectivity index (χ0) is 18.0. The molecule has 0 unspecified atom stereocenters. The van der Waals surface area contributed by atoms with Gasteiger partial charge in [0, 0.05) is 11.3 Å². The van der Waals surface area contributed by atoms with Gasteiger partial charge in [0.15, 0.2) is 0 Å². The molecule has 0 radical (unpaired) electrons. The third-order valence-corrected chi connectivity index (χ3v) is 4.00. The minimum Gasteiger partial charge on any atom is -0.467 e. The molecule has 0 bridgehead atoms. The summed E-state index contributed by atoms with van der Waals surface area (Å²) in [5, 5.41) is 0. The lowest BCUT2D eigenvalue weighted by Gasteiger charge is -2.16. The lowest BCUT2D eigenvalue weighted by atomic mass is 10.0. The molecule has 0 saturated heterocycles. The molecule has 25 heavy (non-hydrogen) atoms. The van der Waals surface area contributed by atoms with E-state index >= 15 is 0 Å². The Kier molecular flexibility index (Phi) is 4.52. The monoisotopic (exact) mass is 341 g/mol. The molecule has 5 nitrogen and oxygen atoms in total. The molecule has 3 rings (SSSR count). The normalized spacial score (nSPS) is 16.0. The summed E-state index contributed by atoms with van der Waals surface area (Å²) < 4.78 is 24.0. The molecule has 2 aromatic rings. The summed E-state index contributed by atoms with van der Waals surface area (Å²) in [4.78, 5) is 26.4. The molecule has 128 valence electrons. The zero-order valence-corrected chi connectivity index (χ0v) is 13.8. The Bertz CT molecular complexity index is 881. The van der Waals surface area contributed by atoms with Crippen LogP contribution in [0.2, 0.25) is 0 Å². The van der Waals surface area contributed by atoms with E-state index in [9.17, 15) is 14.0 Å². The van der Waals surface area contributed by atoms with E-state index in [0.717, 1.165) is 0 Å². The van der Waals surface area contributed by atoms with Crippen molar-refractivity contribution in [1.82, 2.24) is 4.90 Å². The summed E-state index contributed by atoms with van der Waals surface area (Å²) >= 11 is 0. The predicted octanol–water partition coefficient (Wildman–Crippen LogP) is 3.29. The van der Waals surface area contributed by atoms with Crippen LogP contribution in [0.5, 0.6) is 0 Å². The SMILES string of the molecule is COC(=O)C1=C(C)N(Cc2ccco2)C(=O)/C1=C\c1ccccc1F. The summed E-state index contributed by atoms with van der Waals surface area (Å²) in [5.41, 5.74) is 0.888. The number of halogens is 1. The average Bonchev–Trinajstić information content (AvgIpc) is 3.19. The standard InChI is InChI=1S/C19H16FNO4/c1-12-17(19(23)24-2)15(10-13-6-3-4-8-16(13)20)18(22)21(12)11-14-7-5-9-25-14/h3-10H,11H2,1-2H3/b15-10-. The first kappa shape index (κ1) is 16.7. The van der Waals surface area contributed by atoms with Crippen LogP contribution in [0.1, 0.15) is 18.2 Å². The molecule has 1 aliphatic rings. The van der Waals surface area contributed by atoms with Crippen LogP contribution in [0.15, 0.2) is 63.9 Å². The summed E-state index contributed by atoms with van der Waals surface area (Å²) in [6, 6.07) is 9.49. The van der Waals surface area contributed by atoms with Crippen molar-refractivity contribution in [2.45, 2.75) is 13.5 Å². The number of furan rings is 1. The number of benzene rings is 1. The highest BCUT2D eigenvalue weighted by Gasteiger charge is 2.37. The third-order valence-electron chi connectivity index (χ3n) is 4.00. The van der Waals surface area contributed by atoms with Crippen molar-refractivity contribution in [2.75, 3.05) is 7.11 Å². The topological polar surface area (TPSA) is 59.8 Å². The number of esters is 1. The molecule has 2 heterocycles. The van der Waals surface area contributed by atoms with Gasteiger partial charge in [-0.1, -0.05) is 18.2 Å². The first-order chi connectivity index (χ1) is 12.0. The predicted molar refractivity (Wildman–Crippen MR) is 88.4 cm³/mol. The number of methoxy groups -OCH3 is 1. The maximum Gasteiger partial charge on any atom is 0.340 e. The minimum atomic E-state index is -0.643. The molecule has 0 aliphatic carbocycles. The van der Waals surface area contributed by atoms with E-state index in [1.807, 2.05) is 0 Å². The van der Waals surface area contributed by atoms with Crippen molar-refractivity contribution in [3.63, 3.8) is 0 Å². The van der Waals surface area contributed by atoms with Gasteiger partial charge < -0.3 is 14.1 Å². The van der Waals surface area contributed by atoms with E-state index < -0.39 is 17.7 Å². The second-order valence-corrected chi connectivity index (χ2v) is 5.50. The van der Waals surface area contributed by atoms with E-state index in [1.54, 1.807) is 31.2 Å². The van der Waals surface area contributed by atoms with Crippen molar-refractivity contribution in [3.8, 4) is 0 Å². The van der Waals surface area contributed by atoms with Crippen LogP contribution >= 0.6 is 0 Å². The molecular weight excluding hydrogens is 325 g/mol. The van der Waals surface area contributed by atoms with Gasteiger partial charge in [-0.15, -0.1) is 0 Å². The summed E-state index contributed by atoms with van der Waals surface area (Å²) in [7, 11) is 1.24. The van der Waals surface area contributed by atoms with Gasteiger partial charge in [0.05, 0.1) is 31.1 Å². The minimum absolute atomic E-state index is 0.0982. The molecule has 1 aromatic carbocycles. The van der Waals surface area contributed by atoms with Crippen LogP contribution in [-0.4, -0.2) is 23.9 Å². The van der Waals surface area contributed by atoms with Gasteiger partial charge in [-0.05, 0) is 31.2 Å². The molecule has 1 amide bonds. The maximum atomic E-state index is 14.0. The van der Waals surface area contributed by atoms with Gasteiger partial charge in [0.2, 0.25) is 0 Å². The van der Waals surface area contributed by atoms with Gasteiger partial charge >= 0.3 is 5.97 Å². The second-order valence-electron chi connectivity index (χ2n) is 5.50. The van der Waals surface area contributed by atoms with E-state index in [0.29, 0.717) is 11.5 Å². The first-order valence-electron chi connectivity index (χ1n) is 7.63. The molecular formula is C19H16FNO4. The van der Waals surface area contributed by atoms with Crippen LogP contribution in [0, 0.1) is 5.82 Å². The molecule has 0 atom stereocenters. The number of carbonyl (C=O) groups excluding carboxylic acids is 2. The number of rotatable bonds is 4. The number of amides is 1. The van der Waals surface area contributed by atoms with Crippen LogP contribution in [-0.2, 0) is 20.9 Å². The maximum absolute atomic E-state index is 14.0. The first-order valence-corrected chi connectivity index (χ1v) is 7.63. The van der Waals surface area contributed by atoms with Crippen molar-refractivity contribution in [1.29, 1.82) is 0 Å². The van der Waals surface area contributed by atoms with Crippen LogP contribution in [0.4, 0.5) is 4.39 Å². The zero-order valence-electron chi connectivity index (χ0n) is 13.8. The van der Waals surface area contributed by atoms with E-state index in [4.69, 9.17) is 9.15 Å². The Morgan fingerprint density at radius 1 is 1.28 bits per heavy atom. The number of carbonyl (C=O) groups is 2. The van der Waals surface area contributed by atoms with Crippen molar-refractivity contribution in [2.24, 2.45) is 0 Å². The van der Waals surface area contributed by atoms with Crippen molar-refractivity contribution < 1.29 is 23.1 Å². The van der Waals surface area contributed by atoms with Gasteiger partial charge in [-0.25, -0.2) is 9.18 Å². The van der Waals surface area contributed by atoms with Gasteiger partial charge in [-0.2, -0.15) is 0 Å². The average molecular weight is 341 g/mol. The molecule has 0 saturated carbocycles. The quantitative estimate of drug-likeness (QED) is 0.632. The summed E-state index contributed by atoms with van der Waals surface area (Å²) in [5.74, 6) is -0.953. The van der Waals surface area contributed by atoms with Crippen LogP contribution < -0.4 is 0 Å². The molecule has 1 aliphatic heterocycles. The number of nitrogens with zero attached hydrogens (tertiary/aromatic N) is 1. The molecule has 0 N–H and O–H groups in total. The van der Waals surface area contributed by atoms with Crippen LogP contribution in [0.3, 0.4) is 0 Å². The highest BCUT2D eigenvalue weighted by Crippen LogP contribution is 2.33. The summed E-state index contributed by atoms with van der Waals surface area (Å²) in [6.45, 7) is 1.82. The smallest absolute Gasteiger partial charge is 0.340 e. The second kappa shape index (κ2) is 6.76. The Labute approximate surface area is 144 Å². The number of hydrogen-bond donors (Lipinski definition) is 0. The number of allylic oxidation sites excluding steroid dienone is 1. The van der Waals surface area contributed by atoms with Gasteiger partial charge in [0.1, 0.15) is 11.6 Å². The highest BCUT2D eigenvalue weighted by atomic mass is 19.1. The Morgan fingerprint density at radius 2 is 2.04 bits per heavy atom. The molecule has 1 aromatic heterocycles. The number of ether oxygens (including phenoxy) is 1. The fourth-order valence-corrected chi connectivity index (χ4v) is 2.72. The lowest BCUT2D eigenvalue weighted by molar-refractivity contribution is -0.136. The van der Waals surface area contributed by atoms with Crippen molar-refractivity contribution in [3.05, 3.63) is 76.6 Å². The van der Waals surface area contributed by atoms with Gasteiger partial charge in [0.25, 0.3) is 5.91 Å².